The predicted octanol–water partition coefficient (Wildman–Crippen LogP) is 3.90. The van der Waals surface area contributed by atoms with E-state index in [4.69, 9.17) is 0 Å². The number of carbonyl (C=O) groups is 2. The third-order valence-corrected chi connectivity index (χ3v) is 6.93. The molecule has 1 N–H and O–H groups in total. The number of hydrogen-bond donors (Lipinski definition) is 1. The van der Waals surface area contributed by atoms with Gasteiger partial charge < -0.3 is 4.90 Å². The second-order valence-corrected chi connectivity index (χ2v) is 9.38. The van der Waals surface area contributed by atoms with Crippen LogP contribution in [-0.4, -0.2) is 38.0 Å². The van der Waals surface area contributed by atoms with Gasteiger partial charge in [-0.05, 0) is 37.5 Å². The molecule has 0 atom stereocenters. The number of fused-ring (bicyclic) bond motifs is 1. The maximum Gasteiger partial charge on any atom is 0.268 e. The van der Waals surface area contributed by atoms with E-state index in [-0.39, 0.29) is 16.8 Å². The average Bonchev–Trinajstić information content (AvgIpc) is 2.99. The minimum atomic E-state index is -4.27. The van der Waals surface area contributed by atoms with Crippen LogP contribution in [0.4, 0.5) is 5.69 Å². The molecule has 1 heterocycles. The molecule has 0 amide bonds. The largest absolute Gasteiger partial charge is 0.367 e. The van der Waals surface area contributed by atoms with Crippen LogP contribution >= 0.6 is 0 Å². The molecule has 0 saturated carbocycles. The first-order chi connectivity index (χ1) is 14.4. The number of nitrogens with one attached hydrogen (secondary N) is 1. The maximum absolute atomic E-state index is 13.4. The van der Waals surface area contributed by atoms with Crippen LogP contribution < -0.4 is 4.72 Å². The topological polar surface area (TPSA) is 83.6 Å². The summed E-state index contributed by atoms with van der Waals surface area (Å²) in [4.78, 5) is 28.1. The van der Waals surface area contributed by atoms with E-state index in [0.29, 0.717) is 18.8 Å². The van der Waals surface area contributed by atoms with Crippen molar-refractivity contribution in [1.29, 1.82) is 0 Å². The van der Waals surface area contributed by atoms with Gasteiger partial charge in [0.2, 0.25) is 11.6 Å². The van der Waals surface area contributed by atoms with Crippen molar-refractivity contribution in [2.75, 3.05) is 17.8 Å². The van der Waals surface area contributed by atoms with Crippen LogP contribution in [0.5, 0.6) is 0 Å². The zero-order chi connectivity index (χ0) is 21.3. The highest BCUT2D eigenvalue weighted by atomic mass is 32.2. The Labute approximate surface area is 176 Å². The molecule has 1 aliphatic carbocycles. The van der Waals surface area contributed by atoms with E-state index < -0.39 is 26.5 Å². The van der Waals surface area contributed by atoms with E-state index in [2.05, 4.69) is 4.72 Å². The Hall–Kier alpha value is -2.93. The average molecular weight is 425 g/mol. The van der Waals surface area contributed by atoms with Gasteiger partial charge in [0.05, 0.1) is 0 Å². The first kappa shape index (κ1) is 20.3. The van der Waals surface area contributed by atoms with E-state index in [0.717, 1.165) is 31.2 Å². The predicted molar refractivity (Wildman–Crippen MR) is 116 cm³/mol. The highest BCUT2D eigenvalue weighted by Crippen LogP contribution is 2.33. The minimum absolute atomic E-state index is 0.000697. The smallest absolute Gasteiger partial charge is 0.268 e. The fraction of sp³-hybridized carbons (Fsp3) is 0.304. The number of allylic oxidation sites excluding steroid dienone is 2. The lowest BCUT2D eigenvalue weighted by atomic mass is 9.91. The summed E-state index contributed by atoms with van der Waals surface area (Å²) in [5, 5.41) is 0. The Bertz CT molecular complexity index is 1140. The van der Waals surface area contributed by atoms with E-state index in [1.807, 2.05) is 13.0 Å². The summed E-state index contributed by atoms with van der Waals surface area (Å²) in [6.07, 6.45) is 3.74. The summed E-state index contributed by atoms with van der Waals surface area (Å²) >= 11 is 0. The van der Waals surface area contributed by atoms with Crippen LogP contribution in [0.1, 0.15) is 52.0 Å². The highest BCUT2D eigenvalue weighted by Gasteiger charge is 2.41. The number of ketones is 2. The molecule has 0 spiro atoms. The molecule has 6 nitrogen and oxygen atoms in total. The zero-order valence-corrected chi connectivity index (χ0v) is 17.7. The van der Waals surface area contributed by atoms with Crippen LogP contribution in [0.2, 0.25) is 0 Å². The van der Waals surface area contributed by atoms with Crippen molar-refractivity contribution in [2.24, 2.45) is 0 Å². The van der Waals surface area contributed by atoms with Gasteiger partial charge in [0.15, 0.2) is 4.91 Å². The molecule has 1 saturated heterocycles. The normalized spacial score (nSPS) is 17.6. The number of Topliss-reactive ketones (excluding diaryl/α,β-unsaturated/α-hetero) is 2. The lowest BCUT2D eigenvalue weighted by Crippen LogP contribution is -2.38. The number of hydrogen-bond acceptors (Lipinski definition) is 5. The minimum Gasteiger partial charge on any atom is -0.367 e. The summed E-state index contributed by atoms with van der Waals surface area (Å²) < 4.78 is 29.3. The second-order valence-electron chi connectivity index (χ2n) is 7.76. The van der Waals surface area contributed by atoms with Gasteiger partial charge in [-0.3, -0.25) is 14.3 Å². The van der Waals surface area contributed by atoms with Gasteiger partial charge in [-0.15, -0.1) is 0 Å². The lowest BCUT2D eigenvalue weighted by molar-refractivity contribution is 0.0947. The molecule has 0 unspecified atom stereocenters. The molecule has 156 valence electrons. The van der Waals surface area contributed by atoms with Gasteiger partial charge >= 0.3 is 0 Å². The third kappa shape index (κ3) is 3.77. The van der Waals surface area contributed by atoms with Crippen molar-refractivity contribution < 1.29 is 18.0 Å². The number of sulfonamides is 1. The van der Waals surface area contributed by atoms with Crippen LogP contribution in [0.25, 0.3) is 0 Å². The van der Waals surface area contributed by atoms with Crippen LogP contribution in [-0.2, 0) is 10.0 Å². The van der Waals surface area contributed by atoms with Crippen molar-refractivity contribution in [3.63, 3.8) is 0 Å². The standard InChI is InChI=1S/C23H24N2O4S/c1-16-9-8-10-17(15-16)24-30(28,29)23-20(25-13-6-2-3-7-14-25)21(26)18-11-4-5-12-19(18)22(23)27/h4-5,8-12,15,24H,2-3,6-7,13-14H2,1H3. The highest BCUT2D eigenvalue weighted by molar-refractivity contribution is 7.97. The third-order valence-electron chi connectivity index (χ3n) is 5.51. The van der Waals surface area contributed by atoms with Gasteiger partial charge in [-0.2, -0.15) is 0 Å². The van der Waals surface area contributed by atoms with Crippen LogP contribution in [0.3, 0.4) is 0 Å². The number of carbonyl (C=O) groups excluding carboxylic acids is 2. The molecule has 0 bridgehead atoms. The summed E-state index contributed by atoms with van der Waals surface area (Å²) in [7, 11) is -4.27. The molecule has 1 fully saturated rings. The zero-order valence-electron chi connectivity index (χ0n) is 16.8. The van der Waals surface area contributed by atoms with E-state index in [1.165, 1.54) is 6.07 Å². The van der Waals surface area contributed by atoms with Crippen molar-refractivity contribution in [3.8, 4) is 0 Å². The van der Waals surface area contributed by atoms with E-state index >= 15 is 0 Å². The van der Waals surface area contributed by atoms with Gasteiger partial charge in [0.25, 0.3) is 10.0 Å². The van der Waals surface area contributed by atoms with Crippen molar-refractivity contribution in [1.82, 2.24) is 4.90 Å². The summed E-state index contributed by atoms with van der Waals surface area (Å²) in [5.74, 6) is -1.04. The van der Waals surface area contributed by atoms with Crippen molar-refractivity contribution in [3.05, 3.63) is 75.8 Å². The Morgan fingerprint density at radius 2 is 1.47 bits per heavy atom. The molecule has 7 heteroatoms. The molecular weight excluding hydrogens is 400 g/mol. The molecule has 4 rings (SSSR count). The van der Waals surface area contributed by atoms with Gasteiger partial charge in [0.1, 0.15) is 5.70 Å². The number of benzene rings is 2. The number of rotatable bonds is 4. The number of aryl methyl sites for hydroxylation is 1. The van der Waals surface area contributed by atoms with E-state index in [1.54, 1.807) is 41.3 Å². The number of nitrogens with zero attached hydrogens (tertiary/aromatic N) is 1. The Morgan fingerprint density at radius 1 is 0.833 bits per heavy atom. The van der Waals surface area contributed by atoms with Gasteiger partial charge in [0, 0.05) is 29.9 Å². The van der Waals surface area contributed by atoms with Gasteiger partial charge in [-0.1, -0.05) is 49.2 Å². The van der Waals surface area contributed by atoms with Crippen LogP contribution in [0, 0.1) is 6.92 Å². The fourth-order valence-electron chi connectivity index (χ4n) is 4.09. The lowest BCUT2D eigenvalue weighted by Gasteiger charge is -2.30. The molecule has 2 aromatic rings. The Balaban J connectivity index is 1.87. The first-order valence-corrected chi connectivity index (χ1v) is 11.6. The Kier molecular flexibility index (Phi) is 5.47. The van der Waals surface area contributed by atoms with Crippen molar-refractivity contribution >= 4 is 27.3 Å². The molecule has 1 aliphatic heterocycles. The molecule has 2 aliphatic rings. The molecule has 0 aromatic heterocycles. The summed E-state index contributed by atoms with van der Waals surface area (Å²) in [6.45, 7) is 2.96. The first-order valence-electron chi connectivity index (χ1n) is 10.2. The number of likely N-dealkylation sites (tertiary alicyclic amines) is 1. The summed E-state index contributed by atoms with van der Waals surface area (Å²) in [6, 6.07) is 13.3. The second kappa shape index (κ2) is 8.07. The summed E-state index contributed by atoms with van der Waals surface area (Å²) in [5.41, 5.74) is 1.63. The molecule has 0 radical (unpaired) electrons. The van der Waals surface area contributed by atoms with Crippen molar-refractivity contribution in [2.45, 2.75) is 32.6 Å². The monoisotopic (exact) mass is 424 g/mol. The Morgan fingerprint density at radius 3 is 2.10 bits per heavy atom. The molecular formula is C23H24N2O4S. The maximum atomic E-state index is 13.4. The SMILES string of the molecule is Cc1cccc(NS(=O)(=O)C2=C(N3CCCCCC3)C(=O)c3ccccc3C2=O)c1. The quantitative estimate of drug-likeness (QED) is 0.805. The van der Waals surface area contributed by atoms with E-state index in [9.17, 15) is 18.0 Å². The van der Waals surface area contributed by atoms with Crippen LogP contribution in [0.15, 0.2) is 59.1 Å². The van der Waals surface area contributed by atoms with Gasteiger partial charge in [-0.25, -0.2) is 8.42 Å². The fourth-order valence-corrected chi connectivity index (χ4v) is 5.45. The molecule has 2 aromatic carbocycles. The number of anilines is 1. The molecule has 30 heavy (non-hydrogen) atoms.